The molecule has 1 heterocycles. The third kappa shape index (κ3) is 3.08. The molecule has 1 rings (SSSR count). The van der Waals surface area contributed by atoms with Gasteiger partial charge in [-0.1, -0.05) is 0 Å². The number of piperidine rings is 1. The maximum atomic E-state index is 11.4. The molecule has 0 saturated carbocycles. The lowest BCUT2D eigenvalue weighted by Gasteiger charge is -2.33. The number of rotatable bonds is 2. The number of ether oxygens (including phenoxy) is 2. The van der Waals surface area contributed by atoms with Gasteiger partial charge in [0.15, 0.2) is 0 Å². The van der Waals surface area contributed by atoms with Gasteiger partial charge >= 0.3 is 18.0 Å². The number of likely N-dealkylation sites (tertiary alicyclic amines) is 1. The number of hydrogen-bond donors (Lipinski definition) is 1. The first-order valence-electron chi connectivity index (χ1n) is 5.13. The highest BCUT2D eigenvalue weighted by Crippen LogP contribution is 2.24. The average molecular weight is 245 g/mol. The number of amides is 1. The van der Waals surface area contributed by atoms with Gasteiger partial charge in [0.2, 0.25) is 0 Å². The Balaban J connectivity index is 2.79. The van der Waals surface area contributed by atoms with E-state index in [1.165, 1.54) is 14.2 Å². The fourth-order valence-electron chi connectivity index (χ4n) is 1.93. The standard InChI is InChI=1S/C10H15NO6/c1-16-8(12)6-3-7(9(13)17-2)5-11(4-6)10(14)15/h6-7H,3-5H2,1-2H3,(H,14,15). The monoisotopic (exact) mass is 245 g/mol. The molecular formula is C10H15NO6. The van der Waals surface area contributed by atoms with Gasteiger partial charge < -0.3 is 19.5 Å². The predicted octanol–water partition coefficient (Wildman–Crippen LogP) is -0.0515. The van der Waals surface area contributed by atoms with Gasteiger partial charge in [-0.3, -0.25) is 9.59 Å². The Morgan fingerprint density at radius 1 is 1.06 bits per heavy atom. The maximum absolute atomic E-state index is 11.4. The second kappa shape index (κ2) is 5.51. The summed E-state index contributed by atoms with van der Waals surface area (Å²) in [6.45, 7) is 0.102. The highest BCUT2D eigenvalue weighted by atomic mass is 16.5. The van der Waals surface area contributed by atoms with E-state index in [0.717, 1.165) is 4.90 Å². The number of hydrogen-bond acceptors (Lipinski definition) is 5. The molecule has 7 nitrogen and oxygen atoms in total. The third-order valence-corrected chi connectivity index (χ3v) is 2.79. The van der Waals surface area contributed by atoms with E-state index in [1.54, 1.807) is 0 Å². The van der Waals surface area contributed by atoms with Crippen molar-refractivity contribution in [3.63, 3.8) is 0 Å². The number of carbonyl (C=O) groups excluding carboxylic acids is 2. The Morgan fingerprint density at radius 2 is 1.47 bits per heavy atom. The summed E-state index contributed by atoms with van der Waals surface area (Å²) in [5, 5.41) is 8.90. The summed E-state index contributed by atoms with van der Waals surface area (Å²) in [6.07, 6.45) is -0.907. The van der Waals surface area contributed by atoms with Crippen LogP contribution in [0.5, 0.6) is 0 Å². The number of nitrogens with zero attached hydrogens (tertiary/aromatic N) is 1. The van der Waals surface area contributed by atoms with Crippen LogP contribution in [0.2, 0.25) is 0 Å². The molecule has 1 fully saturated rings. The zero-order valence-electron chi connectivity index (χ0n) is 9.71. The zero-order chi connectivity index (χ0) is 13.0. The first-order chi connectivity index (χ1) is 7.99. The molecule has 0 aliphatic carbocycles. The van der Waals surface area contributed by atoms with Gasteiger partial charge in [0, 0.05) is 13.1 Å². The van der Waals surface area contributed by atoms with Crippen molar-refractivity contribution in [2.45, 2.75) is 6.42 Å². The SMILES string of the molecule is COC(=O)C1CC(C(=O)OC)CN(C(=O)O)C1. The Bertz CT molecular complexity index is 305. The number of esters is 2. The lowest BCUT2D eigenvalue weighted by molar-refractivity contribution is -0.153. The molecule has 0 radical (unpaired) electrons. The average Bonchev–Trinajstić information content (AvgIpc) is 2.36. The fraction of sp³-hybridized carbons (Fsp3) is 0.700. The summed E-state index contributed by atoms with van der Waals surface area (Å²) in [6, 6.07) is 0. The molecule has 0 aromatic heterocycles. The van der Waals surface area contributed by atoms with Crippen molar-refractivity contribution >= 4 is 18.0 Å². The Labute approximate surface area is 98.3 Å². The first kappa shape index (κ1) is 13.3. The Kier molecular flexibility index (Phi) is 4.30. The molecule has 1 N–H and O–H groups in total. The summed E-state index contributed by atoms with van der Waals surface area (Å²) < 4.78 is 9.14. The van der Waals surface area contributed by atoms with E-state index >= 15 is 0 Å². The van der Waals surface area contributed by atoms with Crippen molar-refractivity contribution in [2.75, 3.05) is 27.3 Å². The minimum absolute atomic E-state index is 0.0511. The molecular weight excluding hydrogens is 230 g/mol. The highest BCUT2D eigenvalue weighted by molar-refractivity contribution is 5.78. The van der Waals surface area contributed by atoms with E-state index in [9.17, 15) is 14.4 Å². The molecule has 2 atom stereocenters. The van der Waals surface area contributed by atoms with Crippen molar-refractivity contribution in [1.82, 2.24) is 4.90 Å². The van der Waals surface area contributed by atoms with E-state index in [0.29, 0.717) is 0 Å². The number of carboxylic acid groups (broad SMARTS) is 1. The van der Waals surface area contributed by atoms with Gasteiger partial charge in [-0.15, -0.1) is 0 Å². The fourth-order valence-corrected chi connectivity index (χ4v) is 1.93. The minimum Gasteiger partial charge on any atom is -0.469 e. The third-order valence-electron chi connectivity index (χ3n) is 2.79. The molecule has 96 valence electrons. The summed E-state index contributed by atoms with van der Waals surface area (Å²) in [5.41, 5.74) is 0. The molecule has 0 aromatic rings. The Hall–Kier alpha value is -1.79. The molecule has 1 aliphatic rings. The first-order valence-corrected chi connectivity index (χ1v) is 5.13. The minimum atomic E-state index is -1.16. The summed E-state index contributed by atoms with van der Waals surface area (Å²) in [4.78, 5) is 34.7. The van der Waals surface area contributed by atoms with Gasteiger partial charge in [0.25, 0.3) is 0 Å². The normalized spacial score (nSPS) is 24.0. The van der Waals surface area contributed by atoms with E-state index in [1.807, 2.05) is 0 Å². The molecule has 1 aliphatic heterocycles. The Morgan fingerprint density at radius 3 is 1.76 bits per heavy atom. The zero-order valence-corrected chi connectivity index (χ0v) is 9.71. The van der Waals surface area contributed by atoms with Gasteiger partial charge in [-0.25, -0.2) is 4.79 Å². The van der Waals surface area contributed by atoms with E-state index in [2.05, 4.69) is 9.47 Å². The van der Waals surface area contributed by atoms with Crippen LogP contribution >= 0.6 is 0 Å². The van der Waals surface area contributed by atoms with Crippen molar-refractivity contribution in [3.05, 3.63) is 0 Å². The van der Waals surface area contributed by atoms with Crippen molar-refractivity contribution in [3.8, 4) is 0 Å². The van der Waals surface area contributed by atoms with E-state index in [4.69, 9.17) is 5.11 Å². The van der Waals surface area contributed by atoms with Crippen LogP contribution in [0.25, 0.3) is 0 Å². The van der Waals surface area contributed by atoms with Crippen molar-refractivity contribution < 1.29 is 29.0 Å². The van der Waals surface area contributed by atoms with E-state index < -0.39 is 29.9 Å². The quantitative estimate of drug-likeness (QED) is 0.685. The summed E-state index contributed by atoms with van der Waals surface area (Å²) >= 11 is 0. The summed E-state index contributed by atoms with van der Waals surface area (Å²) in [7, 11) is 2.46. The van der Waals surface area contributed by atoms with E-state index in [-0.39, 0.29) is 19.5 Å². The molecule has 1 saturated heterocycles. The number of methoxy groups -OCH3 is 2. The van der Waals surface area contributed by atoms with Crippen LogP contribution in [0.1, 0.15) is 6.42 Å². The van der Waals surface area contributed by atoms with Crippen LogP contribution < -0.4 is 0 Å². The molecule has 7 heteroatoms. The number of carbonyl (C=O) groups is 3. The molecule has 0 aromatic carbocycles. The smallest absolute Gasteiger partial charge is 0.407 e. The lowest BCUT2D eigenvalue weighted by atomic mass is 9.89. The maximum Gasteiger partial charge on any atom is 0.407 e. The van der Waals surface area contributed by atoms with Gasteiger partial charge in [0.1, 0.15) is 0 Å². The van der Waals surface area contributed by atoms with Gasteiger partial charge in [-0.2, -0.15) is 0 Å². The molecule has 1 amide bonds. The highest BCUT2D eigenvalue weighted by Gasteiger charge is 2.37. The van der Waals surface area contributed by atoms with Crippen LogP contribution in [-0.4, -0.2) is 55.3 Å². The van der Waals surface area contributed by atoms with Gasteiger partial charge in [-0.05, 0) is 6.42 Å². The van der Waals surface area contributed by atoms with Crippen LogP contribution in [0, 0.1) is 11.8 Å². The molecule has 17 heavy (non-hydrogen) atoms. The predicted molar refractivity (Wildman–Crippen MR) is 55.2 cm³/mol. The van der Waals surface area contributed by atoms with Crippen LogP contribution in [0.4, 0.5) is 4.79 Å². The summed E-state index contributed by atoms with van der Waals surface area (Å²) in [5.74, 6) is -2.25. The largest absolute Gasteiger partial charge is 0.469 e. The van der Waals surface area contributed by atoms with Crippen molar-refractivity contribution in [2.24, 2.45) is 11.8 Å². The molecule has 0 bridgehead atoms. The molecule has 0 spiro atoms. The van der Waals surface area contributed by atoms with Crippen molar-refractivity contribution in [1.29, 1.82) is 0 Å². The van der Waals surface area contributed by atoms with Crippen LogP contribution in [0.15, 0.2) is 0 Å². The van der Waals surface area contributed by atoms with Gasteiger partial charge in [0.05, 0.1) is 26.1 Å². The lowest BCUT2D eigenvalue weighted by Crippen LogP contribution is -2.48. The topological polar surface area (TPSA) is 93.1 Å². The molecule has 2 unspecified atom stereocenters. The second-order valence-electron chi connectivity index (χ2n) is 3.86. The van der Waals surface area contributed by atoms with Crippen LogP contribution in [-0.2, 0) is 19.1 Å². The second-order valence-corrected chi connectivity index (χ2v) is 3.86. The van der Waals surface area contributed by atoms with Crippen LogP contribution in [0.3, 0.4) is 0 Å².